The molecule has 144 valence electrons. The van der Waals surface area contributed by atoms with Gasteiger partial charge in [-0.05, 0) is 36.4 Å². The summed E-state index contributed by atoms with van der Waals surface area (Å²) >= 11 is 0. The fourth-order valence-electron chi connectivity index (χ4n) is 3.05. The minimum atomic E-state index is -0.953. The molecular formula is C19H17F3N6. The summed E-state index contributed by atoms with van der Waals surface area (Å²) in [7, 11) is 0. The van der Waals surface area contributed by atoms with Crippen LogP contribution in [0.5, 0.6) is 0 Å². The van der Waals surface area contributed by atoms with Crippen LogP contribution in [-0.2, 0) is 0 Å². The zero-order valence-electron chi connectivity index (χ0n) is 14.8. The molecule has 0 spiro atoms. The topological polar surface area (TPSA) is 57.2 Å². The molecule has 9 heteroatoms. The van der Waals surface area contributed by atoms with Crippen LogP contribution < -0.4 is 15.1 Å². The molecular weight excluding hydrogens is 369 g/mol. The van der Waals surface area contributed by atoms with E-state index in [0.29, 0.717) is 24.6 Å². The van der Waals surface area contributed by atoms with Gasteiger partial charge in [-0.15, -0.1) is 5.10 Å². The van der Waals surface area contributed by atoms with Crippen LogP contribution in [0.15, 0.2) is 48.7 Å². The molecule has 1 saturated heterocycles. The predicted octanol–water partition coefficient (Wildman–Crippen LogP) is 3.36. The van der Waals surface area contributed by atoms with Gasteiger partial charge in [-0.2, -0.15) is 10.1 Å². The molecule has 6 nitrogen and oxygen atoms in total. The third-order valence-electron chi connectivity index (χ3n) is 4.52. The second kappa shape index (κ2) is 7.71. The Morgan fingerprint density at radius 3 is 2.25 bits per heavy atom. The predicted molar refractivity (Wildman–Crippen MR) is 100 cm³/mol. The van der Waals surface area contributed by atoms with Gasteiger partial charge in [0.25, 0.3) is 0 Å². The smallest absolute Gasteiger partial charge is 0.249 e. The molecule has 4 rings (SSSR count). The standard InChI is InChI=1S/C19H17F3N6/c20-13-1-4-15(5-2-13)27-7-9-28(10-8-27)18-12-23-26-19(25-18)24-14-3-6-16(21)17(22)11-14/h1-6,11-12H,7-10H2,(H,24,25,26). The van der Waals surface area contributed by atoms with Crippen LogP contribution in [0.25, 0.3) is 0 Å². The lowest BCUT2D eigenvalue weighted by Crippen LogP contribution is -2.46. The third-order valence-corrected chi connectivity index (χ3v) is 4.52. The number of rotatable bonds is 4. The highest BCUT2D eigenvalue weighted by Gasteiger charge is 2.19. The van der Waals surface area contributed by atoms with Gasteiger partial charge in [-0.3, -0.25) is 0 Å². The van der Waals surface area contributed by atoms with Gasteiger partial charge >= 0.3 is 0 Å². The van der Waals surface area contributed by atoms with Crippen molar-refractivity contribution in [1.82, 2.24) is 15.2 Å². The minimum Gasteiger partial charge on any atom is -0.368 e. The Bertz CT molecular complexity index is 958. The Labute approximate surface area is 159 Å². The summed E-state index contributed by atoms with van der Waals surface area (Å²) in [6, 6.07) is 9.90. The van der Waals surface area contributed by atoms with E-state index in [0.717, 1.165) is 30.9 Å². The van der Waals surface area contributed by atoms with E-state index >= 15 is 0 Å². The van der Waals surface area contributed by atoms with E-state index in [1.807, 2.05) is 0 Å². The molecule has 3 aromatic rings. The van der Waals surface area contributed by atoms with E-state index in [1.54, 1.807) is 18.3 Å². The molecule has 1 aliphatic heterocycles. The summed E-state index contributed by atoms with van der Waals surface area (Å²) < 4.78 is 39.5. The fraction of sp³-hybridized carbons (Fsp3) is 0.211. The van der Waals surface area contributed by atoms with Crippen molar-refractivity contribution in [1.29, 1.82) is 0 Å². The molecule has 1 N–H and O–H groups in total. The van der Waals surface area contributed by atoms with E-state index in [2.05, 4.69) is 30.3 Å². The van der Waals surface area contributed by atoms with Crippen molar-refractivity contribution in [3.05, 3.63) is 66.1 Å². The average Bonchev–Trinajstić information content (AvgIpc) is 2.72. The molecule has 2 aromatic carbocycles. The summed E-state index contributed by atoms with van der Waals surface area (Å²) in [4.78, 5) is 8.64. The van der Waals surface area contributed by atoms with Crippen molar-refractivity contribution < 1.29 is 13.2 Å². The van der Waals surface area contributed by atoms with Gasteiger partial charge in [0.2, 0.25) is 5.95 Å². The number of hydrogen-bond donors (Lipinski definition) is 1. The van der Waals surface area contributed by atoms with Crippen molar-refractivity contribution in [3.63, 3.8) is 0 Å². The molecule has 0 unspecified atom stereocenters. The minimum absolute atomic E-state index is 0.199. The van der Waals surface area contributed by atoms with Crippen molar-refractivity contribution in [2.45, 2.75) is 0 Å². The highest BCUT2D eigenvalue weighted by molar-refractivity contribution is 5.55. The number of halogens is 3. The zero-order valence-corrected chi connectivity index (χ0v) is 14.8. The summed E-state index contributed by atoms with van der Waals surface area (Å²) in [5.41, 5.74) is 1.31. The first-order valence-corrected chi connectivity index (χ1v) is 8.76. The van der Waals surface area contributed by atoms with Crippen molar-refractivity contribution in [3.8, 4) is 0 Å². The second-order valence-corrected chi connectivity index (χ2v) is 6.34. The van der Waals surface area contributed by atoms with E-state index in [9.17, 15) is 13.2 Å². The summed E-state index contributed by atoms with van der Waals surface area (Å²) in [6.07, 6.45) is 1.56. The number of piperazine rings is 1. The monoisotopic (exact) mass is 386 g/mol. The van der Waals surface area contributed by atoms with Gasteiger partial charge in [0.1, 0.15) is 5.82 Å². The molecule has 1 fully saturated rings. The molecule has 1 aliphatic rings. The van der Waals surface area contributed by atoms with Crippen molar-refractivity contribution in [2.24, 2.45) is 0 Å². The number of benzene rings is 2. The first-order valence-electron chi connectivity index (χ1n) is 8.76. The van der Waals surface area contributed by atoms with Gasteiger partial charge < -0.3 is 15.1 Å². The quantitative estimate of drug-likeness (QED) is 0.742. The molecule has 0 radical (unpaired) electrons. The maximum absolute atomic E-state index is 13.3. The molecule has 0 aliphatic carbocycles. The van der Waals surface area contributed by atoms with E-state index < -0.39 is 11.6 Å². The van der Waals surface area contributed by atoms with Crippen LogP contribution in [0.4, 0.5) is 36.3 Å². The summed E-state index contributed by atoms with van der Waals surface area (Å²) in [5.74, 6) is -1.29. The Morgan fingerprint density at radius 2 is 1.54 bits per heavy atom. The number of hydrogen-bond acceptors (Lipinski definition) is 6. The first kappa shape index (κ1) is 18.0. The maximum Gasteiger partial charge on any atom is 0.249 e. The summed E-state index contributed by atoms with van der Waals surface area (Å²) in [6.45, 7) is 2.92. The maximum atomic E-state index is 13.3. The molecule has 0 amide bonds. The fourth-order valence-corrected chi connectivity index (χ4v) is 3.05. The number of aromatic nitrogens is 3. The molecule has 0 atom stereocenters. The lowest BCUT2D eigenvalue weighted by Gasteiger charge is -2.36. The number of nitrogens with zero attached hydrogens (tertiary/aromatic N) is 5. The van der Waals surface area contributed by atoms with Crippen LogP contribution in [0.2, 0.25) is 0 Å². The second-order valence-electron chi connectivity index (χ2n) is 6.34. The largest absolute Gasteiger partial charge is 0.368 e. The first-order chi connectivity index (χ1) is 13.6. The SMILES string of the molecule is Fc1ccc(N2CCN(c3cnnc(Nc4ccc(F)c(F)c4)n3)CC2)cc1. The normalized spacial score (nSPS) is 14.2. The van der Waals surface area contributed by atoms with Crippen LogP contribution in [0, 0.1) is 17.5 Å². The zero-order chi connectivity index (χ0) is 19.5. The van der Waals surface area contributed by atoms with Gasteiger partial charge in [0.05, 0.1) is 6.20 Å². The van der Waals surface area contributed by atoms with Crippen LogP contribution >= 0.6 is 0 Å². The number of nitrogens with one attached hydrogen (secondary N) is 1. The average molecular weight is 386 g/mol. The van der Waals surface area contributed by atoms with Gasteiger partial charge in [-0.1, -0.05) is 0 Å². The molecule has 1 aromatic heterocycles. The lowest BCUT2D eigenvalue weighted by molar-refractivity contribution is 0.509. The highest BCUT2D eigenvalue weighted by Crippen LogP contribution is 2.21. The molecule has 28 heavy (non-hydrogen) atoms. The highest BCUT2D eigenvalue weighted by atomic mass is 19.2. The van der Waals surface area contributed by atoms with Crippen molar-refractivity contribution in [2.75, 3.05) is 41.3 Å². The summed E-state index contributed by atoms with van der Waals surface area (Å²) in [5, 5.41) is 10.7. The van der Waals surface area contributed by atoms with Gasteiger partial charge in [0.15, 0.2) is 17.5 Å². The Hall–Kier alpha value is -3.36. The van der Waals surface area contributed by atoms with Gasteiger partial charge in [0, 0.05) is 43.6 Å². The van der Waals surface area contributed by atoms with Gasteiger partial charge in [-0.25, -0.2) is 13.2 Å². The molecule has 0 saturated carbocycles. The molecule has 2 heterocycles. The Morgan fingerprint density at radius 1 is 0.821 bits per heavy atom. The van der Waals surface area contributed by atoms with Crippen LogP contribution in [0.3, 0.4) is 0 Å². The third kappa shape index (κ3) is 3.98. The number of anilines is 4. The lowest BCUT2D eigenvalue weighted by atomic mass is 10.2. The van der Waals surface area contributed by atoms with E-state index in [-0.39, 0.29) is 11.8 Å². The van der Waals surface area contributed by atoms with Crippen molar-refractivity contribution >= 4 is 23.1 Å². The van der Waals surface area contributed by atoms with E-state index in [4.69, 9.17) is 0 Å². The Balaban J connectivity index is 1.42. The molecule has 0 bridgehead atoms. The van der Waals surface area contributed by atoms with Crippen LogP contribution in [0.1, 0.15) is 0 Å². The van der Waals surface area contributed by atoms with Crippen LogP contribution in [-0.4, -0.2) is 41.4 Å². The van der Waals surface area contributed by atoms with E-state index in [1.165, 1.54) is 18.2 Å². The Kier molecular flexibility index (Phi) is 4.96.